The average molecular weight is 293 g/mol. The number of nitrogens with zero attached hydrogens (tertiary/aromatic N) is 4. The van der Waals surface area contributed by atoms with Gasteiger partial charge in [0.05, 0.1) is 4.92 Å². The molecule has 7 nitrogen and oxygen atoms in total. The van der Waals surface area contributed by atoms with Crippen molar-refractivity contribution in [2.45, 2.75) is 59.0 Å². The Labute approximate surface area is 124 Å². The van der Waals surface area contributed by atoms with Gasteiger partial charge in [0.15, 0.2) is 0 Å². The SMILES string of the molecule is CCNc1nc(C)c([N+](=O)[O-])c(N2C(C)CCC2CC)n1. The highest BCUT2D eigenvalue weighted by Crippen LogP contribution is 2.37. The minimum atomic E-state index is -0.363. The quantitative estimate of drug-likeness (QED) is 0.663. The molecule has 7 heteroatoms. The summed E-state index contributed by atoms with van der Waals surface area (Å²) < 4.78 is 0. The number of aryl methyl sites for hydroxylation is 1. The second-order valence-electron chi connectivity index (χ2n) is 5.49. The molecule has 0 radical (unpaired) electrons. The third kappa shape index (κ3) is 2.91. The highest BCUT2D eigenvalue weighted by atomic mass is 16.6. The summed E-state index contributed by atoms with van der Waals surface area (Å²) in [5.41, 5.74) is 0.443. The highest BCUT2D eigenvalue weighted by molar-refractivity contribution is 5.64. The Balaban J connectivity index is 2.55. The van der Waals surface area contributed by atoms with Crippen molar-refractivity contribution in [3.8, 4) is 0 Å². The molecule has 1 aliphatic heterocycles. The van der Waals surface area contributed by atoms with Gasteiger partial charge in [-0.2, -0.15) is 4.98 Å². The van der Waals surface area contributed by atoms with E-state index >= 15 is 0 Å². The summed E-state index contributed by atoms with van der Waals surface area (Å²) in [4.78, 5) is 21.8. The molecule has 0 aliphatic carbocycles. The Bertz CT molecular complexity index is 534. The maximum atomic E-state index is 11.4. The minimum Gasteiger partial charge on any atom is -0.354 e. The number of anilines is 2. The van der Waals surface area contributed by atoms with Gasteiger partial charge in [-0.15, -0.1) is 0 Å². The van der Waals surface area contributed by atoms with E-state index in [0.29, 0.717) is 30.0 Å². The average Bonchev–Trinajstić information content (AvgIpc) is 2.78. The Kier molecular flexibility index (Phi) is 4.59. The summed E-state index contributed by atoms with van der Waals surface area (Å²) in [5, 5.41) is 14.5. The van der Waals surface area contributed by atoms with E-state index in [4.69, 9.17) is 0 Å². The topological polar surface area (TPSA) is 84.2 Å². The molecule has 1 N–H and O–H groups in total. The van der Waals surface area contributed by atoms with Crippen LogP contribution in [0, 0.1) is 17.0 Å². The number of hydrogen-bond acceptors (Lipinski definition) is 6. The highest BCUT2D eigenvalue weighted by Gasteiger charge is 2.36. The second kappa shape index (κ2) is 6.24. The lowest BCUT2D eigenvalue weighted by Gasteiger charge is -2.29. The molecule has 0 bridgehead atoms. The lowest BCUT2D eigenvalue weighted by Crippen LogP contribution is -2.35. The molecule has 2 unspecified atom stereocenters. The molecule has 1 saturated heterocycles. The summed E-state index contributed by atoms with van der Waals surface area (Å²) in [6.07, 6.45) is 3.05. The van der Waals surface area contributed by atoms with Gasteiger partial charge in [0.1, 0.15) is 5.69 Å². The molecular formula is C14H23N5O2. The summed E-state index contributed by atoms with van der Waals surface area (Å²) in [7, 11) is 0. The van der Waals surface area contributed by atoms with Crippen LogP contribution in [0.1, 0.15) is 45.7 Å². The van der Waals surface area contributed by atoms with Crippen LogP contribution < -0.4 is 10.2 Å². The standard InChI is InChI=1S/C14H23N5O2/c1-5-11-8-7-9(3)18(11)13-12(19(20)21)10(4)16-14(17-13)15-6-2/h9,11H,5-8H2,1-4H3,(H,15,16,17). The van der Waals surface area contributed by atoms with E-state index in [1.54, 1.807) is 6.92 Å². The van der Waals surface area contributed by atoms with E-state index in [1.807, 2.05) is 6.92 Å². The third-order valence-electron chi connectivity index (χ3n) is 4.06. The number of rotatable bonds is 5. The van der Waals surface area contributed by atoms with Crippen molar-refractivity contribution in [1.29, 1.82) is 0 Å². The monoisotopic (exact) mass is 293 g/mol. The molecule has 2 rings (SSSR count). The molecule has 0 amide bonds. The molecule has 0 aromatic carbocycles. The molecule has 1 aliphatic rings. The summed E-state index contributed by atoms with van der Waals surface area (Å²) in [6, 6.07) is 0.569. The van der Waals surface area contributed by atoms with E-state index in [-0.39, 0.29) is 16.7 Å². The van der Waals surface area contributed by atoms with Crippen LogP contribution in [0.15, 0.2) is 0 Å². The fourth-order valence-corrected chi connectivity index (χ4v) is 3.04. The zero-order valence-corrected chi connectivity index (χ0v) is 13.1. The van der Waals surface area contributed by atoms with Crippen LogP contribution in [0.5, 0.6) is 0 Å². The maximum Gasteiger partial charge on any atom is 0.332 e. The molecule has 21 heavy (non-hydrogen) atoms. The molecule has 2 heterocycles. The molecule has 2 atom stereocenters. The van der Waals surface area contributed by atoms with Crippen molar-refractivity contribution < 1.29 is 4.92 Å². The first kappa shape index (κ1) is 15.5. The predicted octanol–water partition coefficient (Wildman–Crippen LogP) is 2.89. The molecule has 116 valence electrons. The van der Waals surface area contributed by atoms with Crippen molar-refractivity contribution in [1.82, 2.24) is 9.97 Å². The molecule has 0 spiro atoms. The van der Waals surface area contributed by atoms with Crippen molar-refractivity contribution in [3.63, 3.8) is 0 Å². The van der Waals surface area contributed by atoms with Gasteiger partial charge in [0.2, 0.25) is 11.8 Å². The van der Waals surface area contributed by atoms with E-state index in [2.05, 4.69) is 34.0 Å². The minimum absolute atomic E-state index is 0.0313. The smallest absolute Gasteiger partial charge is 0.332 e. The van der Waals surface area contributed by atoms with Crippen molar-refractivity contribution >= 4 is 17.5 Å². The first-order chi connectivity index (χ1) is 9.99. The van der Waals surface area contributed by atoms with Crippen molar-refractivity contribution in [2.75, 3.05) is 16.8 Å². The van der Waals surface area contributed by atoms with Gasteiger partial charge in [-0.3, -0.25) is 10.1 Å². The van der Waals surface area contributed by atoms with Crippen LogP contribution in [0.25, 0.3) is 0 Å². The summed E-state index contributed by atoms with van der Waals surface area (Å²) in [5.74, 6) is 0.921. The number of aromatic nitrogens is 2. The zero-order valence-electron chi connectivity index (χ0n) is 13.1. The fourth-order valence-electron chi connectivity index (χ4n) is 3.04. The van der Waals surface area contributed by atoms with Gasteiger partial charge in [-0.05, 0) is 40.0 Å². The van der Waals surface area contributed by atoms with Crippen molar-refractivity contribution in [2.24, 2.45) is 0 Å². The predicted molar refractivity (Wildman–Crippen MR) is 82.8 cm³/mol. The van der Waals surface area contributed by atoms with Gasteiger partial charge in [0, 0.05) is 18.6 Å². The Morgan fingerprint density at radius 2 is 2.10 bits per heavy atom. The van der Waals surface area contributed by atoms with Crippen LogP contribution in [0.4, 0.5) is 17.5 Å². The second-order valence-corrected chi connectivity index (χ2v) is 5.49. The summed E-state index contributed by atoms with van der Waals surface area (Å²) >= 11 is 0. The Hall–Kier alpha value is -1.92. The van der Waals surface area contributed by atoms with Gasteiger partial charge in [-0.25, -0.2) is 4.98 Å². The van der Waals surface area contributed by atoms with Gasteiger partial charge in [-0.1, -0.05) is 6.92 Å². The fraction of sp³-hybridized carbons (Fsp3) is 0.714. The van der Waals surface area contributed by atoms with Crippen LogP contribution >= 0.6 is 0 Å². The number of nitrogens with one attached hydrogen (secondary N) is 1. The van der Waals surface area contributed by atoms with E-state index in [1.165, 1.54) is 0 Å². The number of nitro groups is 1. The largest absolute Gasteiger partial charge is 0.354 e. The van der Waals surface area contributed by atoms with E-state index in [9.17, 15) is 10.1 Å². The van der Waals surface area contributed by atoms with Gasteiger partial charge < -0.3 is 10.2 Å². The molecular weight excluding hydrogens is 270 g/mol. The number of hydrogen-bond donors (Lipinski definition) is 1. The molecule has 1 aromatic rings. The van der Waals surface area contributed by atoms with Crippen LogP contribution in [-0.4, -0.2) is 33.5 Å². The van der Waals surface area contributed by atoms with Gasteiger partial charge in [0.25, 0.3) is 0 Å². The zero-order chi connectivity index (χ0) is 15.6. The molecule has 1 fully saturated rings. The lowest BCUT2D eigenvalue weighted by molar-refractivity contribution is -0.385. The molecule has 1 aromatic heterocycles. The van der Waals surface area contributed by atoms with E-state index in [0.717, 1.165) is 19.3 Å². The molecule has 0 saturated carbocycles. The third-order valence-corrected chi connectivity index (χ3v) is 4.06. The van der Waals surface area contributed by atoms with Crippen LogP contribution in [0.3, 0.4) is 0 Å². The lowest BCUT2D eigenvalue weighted by atomic mass is 10.1. The van der Waals surface area contributed by atoms with Crippen molar-refractivity contribution in [3.05, 3.63) is 15.8 Å². The normalized spacial score (nSPS) is 21.6. The first-order valence-electron chi connectivity index (χ1n) is 7.54. The van der Waals surface area contributed by atoms with Crippen LogP contribution in [-0.2, 0) is 0 Å². The Morgan fingerprint density at radius 1 is 1.38 bits per heavy atom. The Morgan fingerprint density at radius 3 is 2.67 bits per heavy atom. The van der Waals surface area contributed by atoms with E-state index < -0.39 is 0 Å². The van der Waals surface area contributed by atoms with Crippen LogP contribution in [0.2, 0.25) is 0 Å². The summed E-state index contributed by atoms with van der Waals surface area (Å²) in [6.45, 7) is 8.52. The maximum absolute atomic E-state index is 11.4. The van der Waals surface area contributed by atoms with Gasteiger partial charge >= 0.3 is 5.69 Å². The first-order valence-corrected chi connectivity index (χ1v) is 7.54.